The molecule has 0 spiro atoms. The Labute approximate surface area is 207 Å². The fraction of sp³-hybridized carbons (Fsp3) is 0.708. The quantitative estimate of drug-likeness (QED) is 0.200. The molecule has 0 aromatic heterocycles. The van der Waals surface area contributed by atoms with E-state index in [0.717, 1.165) is 37.9 Å². The molecule has 3 rings (SSSR count). The van der Waals surface area contributed by atoms with Crippen LogP contribution in [0.5, 0.6) is 0 Å². The molecule has 3 N–H and O–H groups in total. The summed E-state index contributed by atoms with van der Waals surface area (Å²) in [5.74, 6) is -1.23. The van der Waals surface area contributed by atoms with Crippen molar-refractivity contribution in [3.8, 4) is 6.07 Å². The molecule has 0 unspecified atom stereocenters. The van der Waals surface area contributed by atoms with E-state index in [4.69, 9.17) is 9.47 Å². The molecule has 0 aromatic rings. The average Bonchev–Trinajstić information content (AvgIpc) is 3.35. The lowest BCUT2D eigenvalue weighted by atomic mass is 9.76. The molecule has 0 saturated carbocycles. The van der Waals surface area contributed by atoms with E-state index in [9.17, 15) is 24.9 Å². The highest BCUT2D eigenvalue weighted by molar-refractivity contribution is 6.43. The molecule has 2 fully saturated rings. The van der Waals surface area contributed by atoms with Gasteiger partial charge in [0.05, 0.1) is 25.7 Å². The van der Waals surface area contributed by atoms with Crippen molar-refractivity contribution >= 4 is 19.1 Å². The maximum absolute atomic E-state index is 13.1. The number of nitrogens with one attached hydrogen (secondary N) is 1. The highest BCUT2D eigenvalue weighted by Gasteiger charge is 2.33. The lowest BCUT2D eigenvalue weighted by Crippen LogP contribution is -2.50. The third-order valence-electron chi connectivity index (χ3n) is 6.89. The van der Waals surface area contributed by atoms with Crippen LogP contribution < -0.4 is 5.32 Å². The van der Waals surface area contributed by atoms with E-state index in [1.54, 1.807) is 11.0 Å². The predicted octanol–water partition coefficient (Wildman–Crippen LogP) is 1.15. The van der Waals surface area contributed by atoms with Crippen LogP contribution in [0.3, 0.4) is 0 Å². The molecule has 2 amide bonds. The first-order chi connectivity index (χ1) is 16.7. The zero-order valence-electron chi connectivity index (χ0n) is 20.7. The fourth-order valence-corrected chi connectivity index (χ4v) is 4.89. The number of allylic oxidation sites excluding steroid dienone is 1. The summed E-state index contributed by atoms with van der Waals surface area (Å²) in [5, 5.41) is 31.6. The van der Waals surface area contributed by atoms with Crippen molar-refractivity contribution in [2.75, 3.05) is 39.4 Å². The van der Waals surface area contributed by atoms with Gasteiger partial charge in [-0.05, 0) is 58.4 Å². The Kier molecular flexibility index (Phi) is 9.75. The summed E-state index contributed by atoms with van der Waals surface area (Å²) < 4.78 is 10.9. The van der Waals surface area contributed by atoms with Gasteiger partial charge in [0.25, 0.3) is 5.91 Å². The Balaban J connectivity index is 1.57. The van der Waals surface area contributed by atoms with Gasteiger partial charge in [-0.2, -0.15) is 5.26 Å². The van der Waals surface area contributed by atoms with E-state index < -0.39 is 30.8 Å². The van der Waals surface area contributed by atoms with Crippen molar-refractivity contribution < 1.29 is 29.1 Å². The van der Waals surface area contributed by atoms with Crippen molar-refractivity contribution in [1.29, 1.82) is 5.26 Å². The van der Waals surface area contributed by atoms with Crippen LogP contribution in [0.1, 0.15) is 52.4 Å². The number of rotatable bonds is 8. The summed E-state index contributed by atoms with van der Waals surface area (Å²) >= 11 is 0. The number of hydrogen-bond donors (Lipinski definition) is 3. The molecule has 2 saturated heterocycles. The average molecular weight is 488 g/mol. The SMILES string of the molecule is CC(C)(C=C(C#N)C(=O)N1CCC[C@H](OC(=O)N[C@@H](CC2=CCCC2)B(O)O)C1)N1CCOCC1. The van der Waals surface area contributed by atoms with Gasteiger partial charge in [0.15, 0.2) is 0 Å². The Morgan fingerprint density at radius 1 is 1.34 bits per heavy atom. The van der Waals surface area contributed by atoms with Crippen LogP contribution in [0, 0.1) is 11.3 Å². The first-order valence-electron chi connectivity index (χ1n) is 12.5. The first kappa shape index (κ1) is 27.2. The summed E-state index contributed by atoms with van der Waals surface area (Å²) in [6.45, 7) is 7.30. The number of carbonyl (C=O) groups excluding carboxylic acids is 2. The standard InChI is InChI=1S/C24H37BN4O6/c1-24(2,29-10-12-34-13-11-29)15-19(16-26)22(30)28-9-5-8-20(17-28)35-23(31)27-21(25(32)33)14-18-6-3-4-7-18/h6,15,20-21,32-33H,3-5,7-14,17H2,1-2H3,(H,27,31)/t20-,21-/m0/s1. The minimum absolute atomic E-state index is 0.0694. The number of likely N-dealkylation sites (tertiary alicyclic amines) is 1. The maximum Gasteiger partial charge on any atom is 0.475 e. The number of piperidine rings is 1. The molecule has 2 atom stereocenters. The highest BCUT2D eigenvalue weighted by atomic mass is 16.6. The number of morpholine rings is 1. The van der Waals surface area contributed by atoms with Gasteiger partial charge < -0.3 is 29.7 Å². The molecule has 0 bridgehead atoms. The summed E-state index contributed by atoms with van der Waals surface area (Å²) in [7, 11) is -1.70. The van der Waals surface area contributed by atoms with Gasteiger partial charge in [-0.15, -0.1) is 0 Å². The highest BCUT2D eigenvalue weighted by Crippen LogP contribution is 2.23. The van der Waals surface area contributed by atoms with E-state index in [0.29, 0.717) is 39.0 Å². The van der Waals surface area contributed by atoms with Crippen molar-refractivity contribution in [2.24, 2.45) is 0 Å². The van der Waals surface area contributed by atoms with Crippen LogP contribution in [-0.4, -0.2) is 95.9 Å². The fourth-order valence-electron chi connectivity index (χ4n) is 4.89. The Bertz CT molecular complexity index is 863. The largest absolute Gasteiger partial charge is 0.475 e. The number of hydrogen-bond acceptors (Lipinski definition) is 8. The predicted molar refractivity (Wildman–Crippen MR) is 130 cm³/mol. The third-order valence-corrected chi connectivity index (χ3v) is 6.89. The van der Waals surface area contributed by atoms with Crippen LogP contribution in [0.25, 0.3) is 0 Å². The zero-order valence-corrected chi connectivity index (χ0v) is 20.7. The van der Waals surface area contributed by atoms with Crippen molar-refractivity contribution in [3.63, 3.8) is 0 Å². The van der Waals surface area contributed by atoms with E-state index in [2.05, 4.69) is 22.4 Å². The Morgan fingerprint density at radius 2 is 2.09 bits per heavy atom. The molecule has 10 nitrogen and oxygen atoms in total. The van der Waals surface area contributed by atoms with Gasteiger partial charge in [-0.3, -0.25) is 9.69 Å². The number of ether oxygens (including phenoxy) is 2. The van der Waals surface area contributed by atoms with Crippen molar-refractivity contribution in [1.82, 2.24) is 15.1 Å². The zero-order chi connectivity index (χ0) is 25.4. The lowest BCUT2D eigenvalue weighted by molar-refractivity contribution is -0.129. The normalized spacial score (nSPS) is 22.7. The summed E-state index contributed by atoms with van der Waals surface area (Å²) in [6, 6.07) is 2.05. The maximum atomic E-state index is 13.1. The second-order valence-electron chi connectivity index (χ2n) is 9.97. The molecular formula is C24H37BN4O6. The molecule has 2 heterocycles. The van der Waals surface area contributed by atoms with Crippen LogP contribution in [0.2, 0.25) is 0 Å². The second kappa shape index (κ2) is 12.5. The van der Waals surface area contributed by atoms with E-state index in [-0.39, 0.29) is 18.0 Å². The molecule has 3 aliphatic rings. The Morgan fingerprint density at radius 3 is 2.71 bits per heavy atom. The van der Waals surface area contributed by atoms with Crippen LogP contribution >= 0.6 is 0 Å². The number of alkyl carbamates (subject to hydrolysis) is 1. The van der Waals surface area contributed by atoms with Gasteiger partial charge in [0.1, 0.15) is 17.7 Å². The van der Waals surface area contributed by atoms with Gasteiger partial charge >= 0.3 is 13.2 Å². The third kappa shape index (κ3) is 7.80. The summed E-state index contributed by atoms with van der Waals surface area (Å²) in [6.07, 6.45) is 6.94. The lowest BCUT2D eigenvalue weighted by Gasteiger charge is -2.39. The molecule has 0 aromatic carbocycles. The second-order valence-corrected chi connectivity index (χ2v) is 9.97. The minimum atomic E-state index is -1.70. The smallest absolute Gasteiger partial charge is 0.444 e. The molecule has 11 heteroatoms. The first-order valence-corrected chi connectivity index (χ1v) is 12.5. The number of nitriles is 1. The molecule has 1 aliphatic carbocycles. The van der Waals surface area contributed by atoms with Crippen molar-refractivity contribution in [3.05, 3.63) is 23.3 Å². The number of nitrogens with zero attached hydrogens (tertiary/aromatic N) is 3. The monoisotopic (exact) mass is 488 g/mol. The van der Waals surface area contributed by atoms with Crippen LogP contribution in [0.15, 0.2) is 23.3 Å². The molecule has 192 valence electrons. The van der Waals surface area contributed by atoms with Crippen molar-refractivity contribution in [2.45, 2.75) is 70.0 Å². The van der Waals surface area contributed by atoms with E-state index >= 15 is 0 Å². The van der Waals surface area contributed by atoms with Crippen LogP contribution in [-0.2, 0) is 14.3 Å². The van der Waals surface area contributed by atoms with Crippen LogP contribution in [0.4, 0.5) is 4.79 Å². The topological polar surface area (TPSA) is 135 Å². The van der Waals surface area contributed by atoms with E-state index in [1.807, 2.05) is 13.8 Å². The molecular weight excluding hydrogens is 451 g/mol. The summed E-state index contributed by atoms with van der Waals surface area (Å²) in [5.41, 5.74) is 0.680. The minimum Gasteiger partial charge on any atom is -0.444 e. The Hall–Kier alpha value is -2.39. The molecule has 35 heavy (non-hydrogen) atoms. The van der Waals surface area contributed by atoms with Gasteiger partial charge in [-0.1, -0.05) is 11.6 Å². The molecule has 2 aliphatic heterocycles. The molecule has 0 radical (unpaired) electrons. The van der Waals surface area contributed by atoms with Gasteiger partial charge in [0, 0.05) is 25.2 Å². The van der Waals surface area contributed by atoms with Gasteiger partial charge in [0.2, 0.25) is 0 Å². The number of amides is 2. The van der Waals surface area contributed by atoms with E-state index in [1.165, 1.54) is 0 Å². The summed E-state index contributed by atoms with van der Waals surface area (Å²) in [4.78, 5) is 29.3. The number of carbonyl (C=O) groups is 2. The van der Waals surface area contributed by atoms with Gasteiger partial charge in [-0.25, -0.2) is 4.79 Å².